The number of fused-ring (bicyclic) bond motifs is 5. The van der Waals surface area contributed by atoms with Crippen molar-refractivity contribution < 1.29 is 4.79 Å². The quantitative estimate of drug-likeness (QED) is 0.259. The fraction of sp³-hybridized carbons (Fsp3) is 0.297. The highest BCUT2D eigenvalue weighted by atomic mass is 16.2. The highest BCUT2D eigenvalue weighted by Gasteiger charge is 2.30. The molecule has 0 saturated carbocycles. The Morgan fingerprint density at radius 1 is 0.907 bits per heavy atom. The lowest BCUT2D eigenvalue weighted by Crippen LogP contribution is -2.37. The predicted molar refractivity (Wildman–Crippen MR) is 175 cm³/mol. The lowest BCUT2D eigenvalue weighted by Gasteiger charge is -2.27. The van der Waals surface area contributed by atoms with Gasteiger partial charge >= 0.3 is 0 Å². The average Bonchev–Trinajstić information content (AvgIpc) is 3.50. The van der Waals surface area contributed by atoms with E-state index in [9.17, 15) is 4.79 Å². The van der Waals surface area contributed by atoms with Crippen LogP contribution in [0.25, 0.3) is 16.5 Å². The van der Waals surface area contributed by atoms with Crippen LogP contribution in [0, 0.1) is 6.92 Å². The van der Waals surface area contributed by atoms with Gasteiger partial charge in [-0.3, -0.25) is 4.79 Å². The minimum absolute atomic E-state index is 0.112. The SMILES string of the molecule is CN(C)CCC=C1c2ccccc2CCc2ccccc21.Cc1[nH]cnc1CN1CCc2c(c3ccccc3n2C)C1=O. The van der Waals surface area contributed by atoms with Gasteiger partial charge in [0.1, 0.15) is 0 Å². The van der Waals surface area contributed by atoms with Crippen molar-refractivity contribution in [1.82, 2.24) is 24.3 Å². The molecule has 1 aliphatic carbocycles. The molecule has 6 nitrogen and oxygen atoms in total. The number of para-hydroxylation sites is 1. The summed E-state index contributed by atoms with van der Waals surface area (Å²) in [6, 6.07) is 25.9. The Hall–Kier alpha value is -4.42. The fourth-order valence-electron chi connectivity index (χ4n) is 6.46. The van der Waals surface area contributed by atoms with E-state index in [0.717, 1.165) is 72.3 Å². The van der Waals surface area contributed by atoms with Crippen LogP contribution in [-0.2, 0) is 32.9 Å². The summed E-state index contributed by atoms with van der Waals surface area (Å²) in [6.45, 7) is 4.38. The second-order valence-corrected chi connectivity index (χ2v) is 11.9. The van der Waals surface area contributed by atoms with E-state index in [0.29, 0.717) is 6.54 Å². The highest BCUT2D eigenvalue weighted by molar-refractivity contribution is 6.09. The molecule has 43 heavy (non-hydrogen) atoms. The average molecular weight is 572 g/mol. The number of hydrogen-bond donors (Lipinski definition) is 1. The van der Waals surface area contributed by atoms with E-state index < -0.39 is 0 Å². The first-order valence-electron chi connectivity index (χ1n) is 15.3. The van der Waals surface area contributed by atoms with Crippen molar-refractivity contribution in [3.63, 3.8) is 0 Å². The number of nitrogens with zero attached hydrogens (tertiary/aromatic N) is 4. The molecular weight excluding hydrogens is 530 g/mol. The van der Waals surface area contributed by atoms with E-state index in [1.165, 1.54) is 27.8 Å². The zero-order valence-corrected chi connectivity index (χ0v) is 25.7. The number of hydrogen-bond acceptors (Lipinski definition) is 3. The van der Waals surface area contributed by atoms with Crippen LogP contribution in [0.4, 0.5) is 0 Å². The van der Waals surface area contributed by atoms with Crippen LogP contribution >= 0.6 is 0 Å². The number of amides is 1. The molecule has 3 aromatic carbocycles. The van der Waals surface area contributed by atoms with Gasteiger partial charge in [0.05, 0.1) is 24.1 Å². The predicted octanol–water partition coefficient (Wildman–Crippen LogP) is 6.58. The summed E-state index contributed by atoms with van der Waals surface area (Å²) >= 11 is 0. The topological polar surface area (TPSA) is 57.2 Å². The van der Waals surface area contributed by atoms with Crippen molar-refractivity contribution in [2.45, 2.75) is 39.2 Å². The van der Waals surface area contributed by atoms with Gasteiger partial charge < -0.3 is 19.4 Å². The minimum Gasteiger partial charge on any atom is -0.348 e. The minimum atomic E-state index is 0.112. The lowest BCUT2D eigenvalue weighted by molar-refractivity contribution is 0.0725. The second kappa shape index (κ2) is 12.4. The number of H-pyrrole nitrogens is 1. The van der Waals surface area contributed by atoms with Crippen LogP contribution in [-0.4, -0.2) is 57.4 Å². The molecule has 6 heteroatoms. The Balaban J connectivity index is 0.000000153. The first kappa shape index (κ1) is 28.7. The molecule has 0 unspecified atom stereocenters. The van der Waals surface area contributed by atoms with Crippen molar-refractivity contribution in [1.29, 1.82) is 0 Å². The summed E-state index contributed by atoms with van der Waals surface area (Å²) in [4.78, 5) is 24.5. The van der Waals surface area contributed by atoms with Crippen LogP contribution in [0.15, 0.2) is 85.2 Å². The van der Waals surface area contributed by atoms with E-state index in [1.54, 1.807) is 6.33 Å². The van der Waals surface area contributed by atoms with Gasteiger partial charge in [-0.1, -0.05) is 72.8 Å². The monoisotopic (exact) mass is 571 g/mol. The first-order valence-corrected chi connectivity index (χ1v) is 15.3. The standard InChI is InChI=1S/C20H23N.C17H18N4O/c1-21(2)15-7-12-20-18-10-5-3-8-16(18)13-14-17-9-4-6-11-19(17)20;1-11-13(19-10-18-11)9-21-8-7-15-16(17(21)22)12-5-3-4-6-14(12)20(15)2/h3-6,8-12H,7,13-15H2,1-2H3;3-6,10H,7-9H2,1-2H3,(H,18,19). The molecule has 0 radical (unpaired) electrons. The van der Waals surface area contributed by atoms with E-state index in [1.807, 2.05) is 37.1 Å². The summed E-state index contributed by atoms with van der Waals surface area (Å²) < 4.78 is 2.15. The van der Waals surface area contributed by atoms with Crippen LogP contribution in [0.5, 0.6) is 0 Å². The van der Waals surface area contributed by atoms with Crippen molar-refractivity contribution in [3.05, 3.63) is 130 Å². The largest absolute Gasteiger partial charge is 0.348 e. The van der Waals surface area contributed by atoms with E-state index in [4.69, 9.17) is 0 Å². The number of benzene rings is 3. The van der Waals surface area contributed by atoms with Gasteiger partial charge in [-0.25, -0.2) is 4.98 Å². The molecule has 7 rings (SSSR count). The van der Waals surface area contributed by atoms with Crippen LogP contribution in [0.3, 0.4) is 0 Å². The molecule has 0 atom stereocenters. The highest BCUT2D eigenvalue weighted by Crippen LogP contribution is 2.34. The summed E-state index contributed by atoms with van der Waals surface area (Å²) in [6.07, 6.45) is 8.35. The number of carbonyl (C=O) groups excluding carboxylic acids is 1. The Morgan fingerprint density at radius 2 is 1.56 bits per heavy atom. The molecule has 0 bridgehead atoms. The third-order valence-corrected chi connectivity index (χ3v) is 8.83. The molecule has 0 fully saturated rings. The Morgan fingerprint density at radius 3 is 2.21 bits per heavy atom. The smallest absolute Gasteiger partial charge is 0.256 e. The molecule has 5 aromatic rings. The summed E-state index contributed by atoms with van der Waals surface area (Å²) in [5, 5.41) is 1.05. The lowest BCUT2D eigenvalue weighted by atomic mass is 9.93. The maximum absolute atomic E-state index is 13.0. The summed E-state index contributed by atoms with van der Waals surface area (Å²) in [7, 11) is 6.31. The number of aromatic nitrogens is 3. The Kier molecular flexibility index (Phi) is 8.30. The zero-order chi connectivity index (χ0) is 29.9. The van der Waals surface area contributed by atoms with Gasteiger partial charge in [0.15, 0.2) is 0 Å². The molecule has 1 amide bonds. The molecule has 2 aromatic heterocycles. The second-order valence-electron chi connectivity index (χ2n) is 11.9. The van der Waals surface area contributed by atoms with Crippen LogP contribution < -0.4 is 0 Å². The van der Waals surface area contributed by atoms with E-state index in [-0.39, 0.29) is 5.91 Å². The molecule has 220 valence electrons. The molecule has 0 spiro atoms. The van der Waals surface area contributed by atoms with Gasteiger partial charge in [-0.2, -0.15) is 0 Å². The number of carbonyl (C=O) groups is 1. The van der Waals surface area contributed by atoms with E-state index >= 15 is 0 Å². The molecule has 2 aliphatic rings. The van der Waals surface area contributed by atoms with Crippen molar-refractivity contribution in [3.8, 4) is 0 Å². The van der Waals surface area contributed by atoms with Gasteiger partial charge in [0, 0.05) is 48.8 Å². The van der Waals surface area contributed by atoms with Crippen LogP contribution in [0.1, 0.15) is 56.1 Å². The summed E-state index contributed by atoms with van der Waals surface area (Å²) in [5.74, 6) is 0.112. The molecular formula is C37H41N5O. The number of imidazole rings is 1. The van der Waals surface area contributed by atoms with Gasteiger partial charge in [-0.15, -0.1) is 0 Å². The summed E-state index contributed by atoms with van der Waals surface area (Å²) in [5.41, 5.74) is 12.3. The third kappa shape index (κ3) is 5.80. The Bertz CT molecular complexity index is 1740. The van der Waals surface area contributed by atoms with Crippen LogP contribution in [0.2, 0.25) is 0 Å². The molecule has 0 saturated heterocycles. The molecule has 1 N–H and O–H groups in total. The van der Waals surface area contributed by atoms with Gasteiger partial charge in [0.2, 0.25) is 0 Å². The van der Waals surface area contributed by atoms with Gasteiger partial charge in [-0.05, 0) is 74.2 Å². The normalized spacial score (nSPS) is 14.1. The van der Waals surface area contributed by atoms with Crippen molar-refractivity contribution in [2.24, 2.45) is 7.05 Å². The van der Waals surface area contributed by atoms with E-state index in [2.05, 4.69) is 94.2 Å². The van der Waals surface area contributed by atoms with Gasteiger partial charge in [0.25, 0.3) is 5.91 Å². The van der Waals surface area contributed by atoms with Crippen molar-refractivity contribution in [2.75, 3.05) is 27.2 Å². The first-order chi connectivity index (χ1) is 20.9. The Labute approximate surface area is 254 Å². The number of rotatable bonds is 5. The maximum Gasteiger partial charge on any atom is 0.256 e. The van der Waals surface area contributed by atoms with Crippen molar-refractivity contribution >= 4 is 22.4 Å². The maximum atomic E-state index is 13.0. The number of aryl methyl sites for hydroxylation is 4. The molecule has 1 aliphatic heterocycles. The zero-order valence-electron chi connectivity index (χ0n) is 25.7. The number of aromatic amines is 1. The molecule has 3 heterocycles. The number of nitrogens with one attached hydrogen (secondary N) is 1. The fourth-order valence-corrected chi connectivity index (χ4v) is 6.46. The third-order valence-electron chi connectivity index (χ3n) is 8.83.